The highest BCUT2D eigenvalue weighted by molar-refractivity contribution is 9.08. The maximum absolute atomic E-state index is 4.55. The van der Waals surface area contributed by atoms with Crippen molar-refractivity contribution in [3.63, 3.8) is 0 Å². The molecule has 2 rings (SSSR count). The fourth-order valence-corrected chi connectivity index (χ4v) is 2.80. The molecule has 2 aromatic rings. The summed E-state index contributed by atoms with van der Waals surface area (Å²) in [6, 6.07) is 8.94. The van der Waals surface area contributed by atoms with E-state index in [0.717, 1.165) is 17.7 Å². The summed E-state index contributed by atoms with van der Waals surface area (Å²) < 4.78 is 0. The van der Waals surface area contributed by atoms with Crippen molar-refractivity contribution in [2.45, 2.75) is 31.8 Å². The van der Waals surface area contributed by atoms with E-state index in [1.807, 2.05) is 6.20 Å². The third-order valence-electron chi connectivity index (χ3n) is 2.79. The third-order valence-corrected chi connectivity index (χ3v) is 4.30. The molecule has 0 fully saturated rings. The summed E-state index contributed by atoms with van der Waals surface area (Å²) >= 11 is 5.24. The van der Waals surface area contributed by atoms with Gasteiger partial charge in [0.2, 0.25) is 0 Å². The molecule has 0 atom stereocenters. The van der Waals surface area contributed by atoms with Gasteiger partial charge in [0.05, 0.1) is 6.54 Å². The molecule has 0 aromatic carbocycles. The van der Waals surface area contributed by atoms with Crippen LogP contribution in [-0.2, 0) is 11.9 Å². The molecule has 18 heavy (non-hydrogen) atoms. The lowest BCUT2D eigenvalue weighted by molar-refractivity contribution is 0.677. The fraction of sp³-hybridized carbons (Fsp3) is 0.357. The number of aromatic nitrogens is 1. The van der Waals surface area contributed by atoms with Gasteiger partial charge in [-0.15, -0.1) is 11.3 Å². The summed E-state index contributed by atoms with van der Waals surface area (Å²) in [6.45, 7) is 5.33. The maximum atomic E-state index is 4.55. The van der Waals surface area contributed by atoms with Gasteiger partial charge in [-0.3, -0.25) is 0 Å². The zero-order chi connectivity index (χ0) is 13.0. The predicted molar refractivity (Wildman–Crippen MR) is 82.5 cm³/mol. The van der Waals surface area contributed by atoms with Crippen LogP contribution < -0.4 is 4.90 Å². The van der Waals surface area contributed by atoms with Gasteiger partial charge in [0.15, 0.2) is 0 Å². The minimum Gasteiger partial charge on any atom is -0.349 e. The summed E-state index contributed by atoms with van der Waals surface area (Å²) in [5, 5.41) is 2.97. The van der Waals surface area contributed by atoms with E-state index in [-0.39, 0.29) is 0 Å². The fourth-order valence-electron chi connectivity index (χ4n) is 1.76. The Hall–Kier alpha value is -0.870. The highest BCUT2D eigenvalue weighted by Gasteiger charge is 2.12. The van der Waals surface area contributed by atoms with Crippen molar-refractivity contribution in [3.05, 3.63) is 46.3 Å². The average Bonchev–Trinajstić information content (AvgIpc) is 2.89. The van der Waals surface area contributed by atoms with E-state index in [2.05, 4.69) is 69.3 Å². The molecule has 0 spiro atoms. The van der Waals surface area contributed by atoms with Crippen LogP contribution >= 0.6 is 27.3 Å². The van der Waals surface area contributed by atoms with Gasteiger partial charge in [0, 0.05) is 22.4 Å². The lowest BCUT2D eigenvalue weighted by Crippen LogP contribution is -2.30. The van der Waals surface area contributed by atoms with Crippen molar-refractivity contribution < 1.29 is 0 Å². The van der Waals surface area contributed by atoms with Crippen molar-refractivity contribution >= 4 is 33.1 Å². The summed E-state index contributed by atoms with van der Waals surface area (Å²) in [5.74, 6) is 1.04. The largest absolute Gasteiger partial charge is 0.349 e. The molecule has 2 heterocycles. The van der Waals surface area contributed by atoms with Gasteiger partial charge in [-0.25, -0.2) is 4.98 Å². The Morgan fingerprint density at radius 3 is 2.67 bits per heavy atom. The van der Waals surface area contributed by atoms with Crippen LogP contribution in [0.4, 0.5) is 5.82 Å². The molecule has 0 aliphatic rings. The van der Waals surface area contributed by atoms with Gasteiger partial charge in [-0.05, 0) is 36.9 Å². The molecule has 0 saturated heterocycles. The molecule has 0 unspecified atom stereocenters. The standard InChI is InChI=1S/C14H17BrN2S/c1-11(2)17(10-13-4-3-7-18-13)14-6-5-12(8-15)9-16-14/h3-7,9,11H,8,10H2,1-2H3. The van der Waals surface area contributed by atoms with Crippen molar-refractivity contribution in [3.8, 4) is 0 Å². The quantitative estimate of drug-likeness (QED) is 0.755. The smallest absolute Gasteiger partial charge is 0.129 e. The monoisotopic (exact) mass is 324 g/mol. The Morgan fingerprint density at radius 2 is 2.17 bits per heavy atom. The minimum absolute atomic E-state index is 0.439. The summed E-state index contributed by atoms with van der Waals surface area (Å²) in [5.41, 5.74) is 1.21. The molecule has 0 aliphatic heterocycles. The molecule has 0 N–H and O–H groups in total. The number of rotatable bonds is 5. The van der Waals surface area contributed by atoms with Crippen LogP contribution in [0.1, 0.15) is 24.3 Å². The number of halogens is 1. The number of alkyl halides is 1. The molecular weight excluding hydrogens is 308 g/mol. The Balaban J connectivity index is 2.18. The van der Waals surface area contributed by atoms with Gasteiger partial charge >= 0.3 is 0 Å². The zero-order valence-corrected chi connectivity index (χ0v) is 13.0. The molecule has 0 amide bonds. The van der Waals surface area contributed by atoms with Crippen LogP contribution in [0.2, 0.25) is 0 Å². The van der Waals surface area contributed by atoms with Crippen LogP contribution in [0.5, 0.6) is 0 Å². The van der Waals surface area contributed by atoms with Crippen LogP contribution in [0, 0.1) is 0 Å². The Labute approximate surface area is 121 Å². The van der Waals surface area contributed by atoms with E-state index in [4.69, 9.17) is 0 Å². The molecule has 0 radical (unpaired) electrons. The molecule has 0 bridgehead atoms. The average molecular weight is 325 g/mol. The lowest BCUT2D eigenvalue weighted by atomic mass is 10.2. The topological polar surface area (TPSA) is 16.1 Å². The Bertz CT molecular complexity index is 465. The normalized spacial score (nSPS) is 10.9. The summed E-state index contributed by atoms with van der Waals surface area (Å²) in [7, 11) is 0. The van der Waals surface area contributed by atoms with Crippen molar-refractivity contribution in [1.29, 1.82) is 0 Å². The lowest BCUT2D eigenvalue weighted by Gasteiger charge is -2.27. The highest BCUT2D eigenvalue weighted by atomic mass is 79.9. The van der Waals surface area contributed by atoms with E-state index >= 15 is 0 Å². The van der Waals surface area contributed by atoms with E-state index in [9.17, 15) is 0 Å². The van der Waals surface area contributed by atoms with Crippen LogP contribution in [0.25, 0.3) is 0 Å². The second-order valence-corrected chi connectivity index (χ2v) is 6.05. The first-order chi connectivity index (χ1) is 8.70. The number of pyridine rings is 1. The number of anilines is 1. The van der Waals surface area contributed by atoms with Crippen molar-refractivity contribution in [2.24, 2.45) is 0 Å². The van der Waals surface area contributed by atoms with Gasteiger partial charge in [0.25, 0.3) is 0 Å². The van der Waals surface area contributed by atoms with Gasteiger partial charge in [-0.2, -0.15) is 0 Å². The predicted octanol–water partition coefficient (Wildman–Crippen LogP) is 4.45. The van der Waals surface area contributed by atoms with Crippen molar-refractivity contribution in [1.82, 2.24) is 4.98 Å². The van der Waals surface area contributed by atoms with Crippen LogP contribution in [0.3, 0.4) is 0 Å². The van der Waals surface area contributed by atoms with Crippen LogP contribution in [0.15, 0.2) is 35.8 Å². The minimum atomic E-state index is 0.439. The molecule has 0 aliphatic carbocycles. The molecular formula is C14H17BrN2S. The molecule has 96 valence electrons. The van der Waals surface area contributed by atoms with E-state index in [0.29, 0.717) is 6.04 Å². The van der Waals surface area contributed by atoms with E-state index in [1.54, 1.807) is 11.3 Å². The number of nitrogens with zero attached hydrogens (tertiary/aromatic N) is 2. The first kappa shape index (κ1) is 13.6. The Kier molecular flexibility index (Phi) is 4.78. The first-order valence-corrected chi connectivity index (χ1v) is 8.00. The number of hydrogen-bond acceptors (Lipinski definition) is 3. The zero-order valence-electron chi connectivity index (χ0n) is 10.6. The summed E-state index contributed by atoms with van der Waals surface area (Å²) in [4.78, 5) is 8.25. The molecule has 0 saturated carbocycles. The third kappa shape index (κ3) is 3.33. The summed E-state index contributed by atoms with van der Waals surface area (Å²) in [6.07, 6.45) is 1.94. The van der Waals surface area contributed by atoms with Gasteiger partial charge in [-0.1, -0.05) is 28.1 Å². The molecule has 2 nitrogen and oxygen atoms in total. The van der Waals surface area contributed by atoms with Gasteiger partial charge in [0.1, 0.15) is 5.82 Å². The molecule has 2 aromatic heterocycles. The first-order valence-electron chi connectivity index (χ1n) is 6.00. The molecule has 4 heteroatoms. The maximum Gasteiger partial charge on any atom is 0.129 e. The van der Waals surface area contributed by atoms with Gasteiger partial charge < -0.3 is 4.90 Å². The van der Waals surface area contributed by atoms with E-state index < -0.39 is 0 Å². The van der Waals surface area contributed by atoms with E-state index in [1.165, 1.54) is 10.4 Å². The second kappa shape index (κ2) is 6.34. The number of hydrogen-bond donors (Lipinski definition) is 0. The highest BCUT2D eigenvalue weighted by Crippen LogP contribution is 2.20. The Morgan fingerprint density at radius 1 is 1.33 bits per heavy atom. The number of thiophene rings is 1. The van der Waals surface area contributed by atoms with Crippen LogP contribution in [-0.4, -0.2) is 11.0 Å². The SMILES string of the molecule is CC(C)N(Cc1cccs1)c1ccc(CBr)cn1. The van der Waals surface area contributed by atoms with Crippen molar-refractivity contribution in [2.75, 3.05) is 4.90 Å². The second-order valence-electron chi connectivity index (χ2n) is 4.46.